The van der Waals surface area contributed by atoms with Crippen molar-refractivity contribution in [3.63, 3.8) is 0 Å². The normalized spacial score (nSPS) is 15.8. The fraction of sp³-hybridized carbons (Fsp3) is 0.929. The Morgan fingerprint density at radius 3 is 1.76 bits per heavy atom. The van der Waals surface area contributed by atoms with Crippen molar-refractivity contribution >= 4 is 5.97 Å². The third kappa shape index (κ3) is 4.30. The van der Waals surface area contributed by atoms with Crippen LogP contribution in [-0.2, 0) is 4.79 Å². The molecule has 0 saturated carbocycles. The van der Waals surface area contributed by atoms with Crippen molar-refractivity contribution < 1.29 is 15.0 Å². The summed E-state index contributed by atoms with van der Waals surface area (Å²) < 4.78 is 0. The molecule has 0 aliphatic rings. The van der Waals surface area contributed by atoms with E-state index in [-0.39, 0.29) is 11.3 Å². The topological polar surface area (TPSA) is 57.5 Å². The molecule has 0 spiro atoms. The molecule has 0 saturated heterocycles. The Morgan fingerprint density at radius 1 is 1.12 bits per heavy atom. The second-order valence-corrected chi connectivity index (χ2v) is 6.97. The molecule has 0 aliphatic carbocycles. The first-order chi connectivity index (χ1) is 7.34. The molecule has 0 aromatic heterocycles. The van der Waals surface area contributed by atoms with Crippen LogP contribution in [0.15, 0.2) is 0 Å². The summed E-state index contributed by atoms with van der Waals surface area (Å²) >= 11 is 0. The van der Waals surface area contributed by atoms with Gasteiger partial charge in [-0.15, -0.1) is 0 Å². The van der Waals surface area contributed by atoms with Crippen molar-refractivity contribution in [2.45, 2.75) is 66.9 Å². The zero-order valence-corrected chi connectivity index (χ0v) is 12.3. The Kier molecular flexibility index (Phi) is 4.80. The Labute approximate surface area is 105 Å². The number of carbonyl (C=O) groups is 1. The molecule has 0 fully saturated rings. The van der Waals surface area contributed by atoms with Gasteiger partial charge in [0.15, 0.2) is 0 Å². The highest BCUT2D eigenvalue weighted by atomic mass is 16.4. The minimum Gasteiger partial charge on any atom is -0.481 e. The van der Waals surface area contributed by atoms with Crippen molar-refractivity contribution in [3.05, 3.63) is 0 Å². The van der Waals surface area contributed by atoms with E-state index in [9.17, 15) is 15.0 Å². The summed E-state index contributed by atoms with van der Waals surface area (Å²) in [6, 6.07) is 0. The van der Waals surface area contributed by atoms with Crippen LogP contribution in [0, 0.1) is 16.7 Å². The summed E-state index contributed by atoms with van der Waals surface area (Å²) in [5.41, 5.74) is -1.76. The van der Waals surface area contributed by atoms with Gasteiger partial charge in [-0.1, -0.05) is 27.2 Å². The number of rotatable bonds is 6. The van der Waals surface area contributed by atoms with Gasteiger partial charge in [-0.25, -0.2) is 0 Å². The molecule has 0 aromatic carbocycles. The van der Waals surface area contributed by atoms with Crippen LogP contribution in [0.25, 0.3) is 0 Å². The molecule has 0 amide bonds. The van der Waals surface area contributed by atoms with Crippen molar-refractivity contribution in [2.75, 3.05) is 0 Å². The lowest BCUT2D eigenvalue weighted by Crippen LogP contribution is -2.44. The molecule has 102 valence electrons. The van der Waals surface area contributed by atoms with Crippen LogP contribution in [-0.4, -0.2) is 21.8 Å². The first kappa shape index (κ1) is 16.4. The Balaban J connectivity index is 5.07. The van der Waals surface area contributed by atoms with Gasteiger partial charge in [0.05, 0.1) is 11.0 Å². The lowest BCUT2D eigenvalue weighted by Gasteiger charge is -2.44. The predicted molar refractivity (Wildman–Crippen MR) is 69.9 cm³/mol. The second kappa shape index (κ2) is 4.97. The second-order valence-electron chi connectivity index (χ2n) is 6.97. The van der Waals surface area contributed by atoms with Crippen LogP contribution in [0.2, 0.25) is 0 Å². The van der Waals surface area contributed by atoms with Crippen LogP contribution in [0.5, 0.6) is 0 Å². The van der Waals surface area contributed by atoms with E-state index < -0.39 is 17.0 Å². The van der Waals surface area contributed by atoms with E-state index in [2.05, 4.69) is 0 Å². The van der Waals surface area contributed by atoms with Crippen LogP contribution in [0.3, 0.4) is 0 Å². The summed E-state index contributed by atoms with van der Waals surface area (Å²) in [4.78, 5) is 11.2. The summed E-state index contributed by atoms with van der Waals surface area (Å²) in [6.07, 6.45) is 1.39. The van der Waals surface area contributed by atoms with Crippen molar-refractivity contribution in [2.24, 2.45) is 16.7 Å². The minimum atomic E-state index is -0.785. The fourth-order valence-corrected chi connectivity index (χ4v) is 3.35. The fourth-order valence-electron chi connectivity index (χ4n) is 3.35. The molecule has 0 heterocycles. The van der Waals surface area contributed by atoms with Gasteiger partial charge < -0.3 is 10.2 Å². The molecular formula is C14H28O3. The highest BCUT2D eigenvalue weighted by Gasteiger charge is 2.43. The average molecular weight is 244 g/mol. The van der Waals surface area contributed by atoms with Gasteiger partial charge in [0.1, 0.15) is 0 Å². The molecule has 2 N–H and O–H groups in total. The number of aliphatic carboxylic acids is 1. The predicted octanol–water partition coefficient (Wildman–Crippen LogP) is 3.31. The van der Waals surface area contributed by atoms with Gasteiger partial charge in [0, 0.05) is 0 Å². The maximum atomic E-state index is 11.2. The number of hydrogen-bond donors (Lipinski definition) is 2. The van der Waals surface area contributed by atoms with Crippen LogP contribution >= 0.6 is 0 Å². The average Bonchev–Trinajstić information content (AvgIpc) is 1.98. The van der Waals surface area contributed by atoms with E-state index in [1.54, 1.807) is 27.7 Å². The highest BCUT2D eigenvalue weighted by Crippen LogP contribution is 2.45. The van der Waals surface area contributed by atoms with E-state index in [1.165, 1.54) is 0 Å². The standard InChI is InChI=1S/C14H28O3/c1-8-10(14(6,7)17)12(2,3)9-13(4,5)11(15)16/h10,17H,8-9H2,1-7H3,(H,15,16). The Bertz CT molecular complexity index is 272. The smallest absolute Gasteiger partial charge is 0.309 e. The van der Waals surface area contributed by atoms with Crippen molar-refractivity contribution in [1.82, 2.24) is 0 Å². The van der Waals surface area contributed by atoms with Crippen LogP contribution in [0.4, 0.5) is 0 Å². The van der Waals surface area contributed by atoms with E-state index in [0.717, 1.165) is 6.42 Å². The molecule has 0 aliphatic heterocycles. The molecular weight excluding hydrogens is 216 g/mol. The van der Waals surface area contributed by atoms with Crippen LogP contribution < -0.4 is 0 Å². The van der Waals surface area contributed by atoms with Gasteiger partial charge in [-0.3, -0.25) is 4.79 Å². The van der Waals surface area contributed by atoms with E-state index in [4.69, 9.17) is 0 Å². The monoisotopic (exact) mass is 244 g/mol. The molecule has 0 radical (unpaired) electrons. The summed E-state index contributed by atoms with van der Waals surface area (Å²) in [5, 5.41) is 19.4. The summed E-state index contributed by atoms with van der Waals surface area (Å²) in [7, 11) is 0. The molecule has 3 nitrogen and oxygen atoms in total. The summed E-state index contributed by atoms with van der Waals surface area (Å²) in [5.74, 6) is -0.704. The number of hydrogen-bond acceptors (Lipinski definition) is 2. The molecule has 0 rings (SSSR count). The Hall–Kier alpha value is -0.570. The molecule has 0 bridgehead atoms. The Morgan fingerprint density at radius 2 is 1.53 bits per heavy atom. The SMILES string of the molecule is CCC(C(C)(C)O)C(C)(C)CC(C)(C)C(=O)O. The molecule has 0 aromatic rings. The molecule has 1 atom stereocenters. The first-order valence-corrected chi connectivity index (χ1v) is 6.30. The third-order valence-corrected chi connectivity index (χ3v) is 3.68. The van der Waals surface area contributed by atoms with Gasteiger partial charge >= 0.3 is 5.97 Å². The van der Waals surface area contributed by atoms with E-state index >= 15 is 0 Å². The lowest BCUT2D eigenvalue weighted by molar-refractivity contribution is -0.150. The first-order valence-electron chi connectivity index (χ1n) is 6.30. The third-order valence-electron chi connectivity index (χ3n) is 3.68. The lowest BCUT2D eigenvalue weighted by atomic mass is 9.63. The van der Waals surface area contributed by atoms with E-state index in [0.29, 0.717) is 6.42 Å². The molecule has 1 unspecified atom stereocenters. The maximum Gasteiger partial charge on any atom is 0.309 e. The largest absolute Gasteiger partial charge is 0.481 e. The van der Waals surface area contributed by atoms with Gasteiger partial charge in [-0.05, 0) is 45.4 Å². The van der Waals surface area contributed by atoms with E-state index in [1.807, 2.05) is 20.8 Å². The molecule has 17 heavy (non-hydrogen) atoms. The quantitative estimate of drug-likeness (QED) is 0.753. The number of carboxylic acid groups (broad SMARTS) is 1. The maximum absolute atomic E-state index is 11.2. The number of carboxylic acids is 1. The zero-order chi connectivity index (χ0) is 14.1. The van der Waals surface area contributed by atoms with Crippen molar-refractivity contribution in [3.8, 4) is 0 Å². The number of aliphatic hydroxyl groups is 1. The highest BCUT2D eigenvalue weighted by molar-refractivity contribution is 5.73. The molecule has 3 heteroatoms. The minimum absolute atomic E-state index is 0.0774. The van der Waals surface area contributed by atoms with Gasteiger partial charge in [0.2, 0.25) is 0 Å². The zero-order valence-electron chi connectivity index (χ0n) is 12.3. The van der Waals surface area contributed by atoms with Crippen molar-refractivity contribution in [1.29, 1.82) is 0 Å². The van der Waals surface area contributed by atoms with Crippen LogP contribution in [0.1, 0.15) is 61.3 Å². The van der Waals surface area contributed by atoms with Gasteiger partial charge in [0.25, 0.3) is 0 Å². The van der Waals surface area contributed by atoms with Gasteiger partial charge in [-0.2, -0.15) is 0 Å². The summed E-state index contributed by atoms with van der Waals surface area (Å²) in [6.45, 7) is 13.2.